The first-order valence-corrected chi connectivity index (χ1v) is 6.38. The van der Waals surface area contributed by atoms with E-state index in [1.165, 1.54) is 16.7 Å². The molecule has 98 valence electrons. The molecule has 0 saturated carbocycles. The van der Waals surface area contributed by atoms with E-state index in [1.54, 1.807) is 0 Å². The number of hydrogen-bond donors (Lipinski definition) is 0. The molecule has 3 heteroatoms. The summed E-state index contributed by atoms with van der Waals surface area (Å²) in [6, 6.07) is 4.25. The van der Waals surface area contributed by atoms with Crippen molar-refractivity contribution in [2.45, 2.75) is 39.9 Å². The maximum atomic E-state index is 12.0. The molecule has 1 aliphatic heterocycles. The molecule has 0 atom stereocenters. The van der Waals surface area contributed by atoms with E-state index < -0.39 is 0 Å². The Kier molecular flexibility index (Phi) is 4.15. The molecule has 1 fully saturated rings. The zero-order chi connectivity index (χ0) is 13.1. The van der Waals surface area contributed by atoms with Crippen LogP contribution >= 0.6 is 0 Å². The summed E-state index contributed by atoms with van der Waals surface area (Å²) in [5, 5.41) is 0. The fourth-order valence-corrected chi connectivity index (χ4v) is 2.47. The van der Waals surface area contributed by atoms with Gasteiger partial charge in [-0.15, -0.1) is 0 Å². The minimum Gasteiger partial charge on any atom is -0.350 e. The molecular weight excluding hydrogens is 228 g/mol. The van der Waals surface area contributed by atoms with E-state index >= 15 is 0 Å². The predicted octanol–water partition coefficient (Wildman–Crippen LogP) is 2.49. The molecule has 2 rings (SSSR count). The van der Waals surface area contributed by atoms with Crippen LogP contribution in [0.2, 0.25) is 0 Å². The van der Waals surface area contributed by atoms with Crippen molar-refractivity contribution >= 4 is 5.78 Å². The second kappa shape index (κ2) is 5.63. The summed E-state index contributed by atoms with van der Waals surface area (Å²) in [7, 11) is 0. The highest BCUT2D eigenvalue weighted by molar-refractivity contribution is 5.82. The number of carbonyl (C=O) groups excluding carboxylic acids is 1. The third-order valence-electron chi connectivity index (χ3n) is 3.30. The van der Waals surface area contributed by atoms with Crippen LogP contribution in [0.3, 0.4) is 0 Å². The van der Waals surface area contributed by atoms with Crippen LogP contribution in [0, 0.1) is 20.8 Å². The van der Waals surface area contributed by atoms with Crippen LogP contribution in [-0.4, -0.2) is 25.3 Å². The molecule has 1 aromatic carbocycles. The highest BCUT2D eigenvalue weighted by Crippen LogP contribution is 2.19. The number of benzene rings is 1. The number of ether oxygens (including phenoxy) is 2. The number of carbonyl (C=O) groups is 1. The topological polar surface area (TPSA) is 35.5 Å². The van der Waals surface area contributed by atoms with Crippen molar-refractivity contribution in [3.63, 3.8) is 0 Å². The Balaban J connectivity index is 2.02. The van der Waals surface area contributed by atoms with Gasteiger partial charge < -0.3 is 9.47 Å². The lowest BCUT2D eigenvalue weighted by atomic mass is 9.95. The average molecular weight is 248 g/mol. The second-order valence-electron chi connectivity index (χ2n) is 4.97. The minimum atomic E-state index is -0.330. The van der Waals surface area contributed by atoms with Gasteiger partial charge in [-0.2, -0.15) is 0 Å². The Morgan fingerprint density at radius 1 is 1.17 bits per heavy atom. The van der Waals surface area contributed by atoms with E-state index in [2.05, 4.69) is 32.9 Å². The zero-order valence-corrected chi connectivity index (χ0v) is 11.3. The lowest BCUT2D eigenvalue weighted by molar-refractivity contribution is -0.126. The van der Waals surface area contributed by atoms with Gasteiger partial charge in [-0.25, -0.2) is 0 Å². The third kappa shape index (κ3) is 3.18. The molecule has 0 spiro atoms. The van der Waals surface area contributed by atoms with E-state index in [0.29, 0.717) is 26.1 Å². The van der Waals surface area contributed by atoms with E-state index in [-0.39, 0.29) is 12.1 Å². The normalized spacial score (nSPS) is 16.2. The standard InChI is InChI=1S/C15H20O3/c1-10-6-11(2)14(12(3)7-10)8-13(16)9-15-17-4-5-18-15/h6-7,15H,4-5,8-9H2,1-3H3. The fraction of sp³-hybridized carbons (Fsp3) is 0.533. The molecule has 3 nitrogen and oxygen atoms in total. The number of aryl methyl sites for hydroxylation is 3. The molecule has 18 heavy (non-hydrogen) atoms. The molecule has 0 radical (unpaired) electrons. The molecule has 1 heterocycles. The first-order chi connectivity index (χ1) is 8.56. The maximum Gasteiger partial charge on any atom is 0.164 e. The lowest BCUT2D eigenvalue weighted by Gasteiger charge is -2.12. The van der Waals surface area contributed by atoms with Gasteiger partial charge in [0, 0.05) is 6.42 Å². The summed E-state index contributed by atoms with van der Waals surface area (Å²) in [5.41, 5.74) is 4.76. The van der Waals surface area contributed by atoms with E-state index in [4.69, 9.17) is 9.47 Å². The maximum absolute atomic E-state index is 12.0. The summed E-state index contributed by atoms with van der Waals surface area (Å²) < 4.78 is 10.6. The summed E-state index contributed by atoms with van der Waals surface area (Å²) in [6.07, 6.45) is 0.497. The van der Waals surface area contributed by atoms with Gasteiger partial charge in [0.25, 0.3) is 0 Å². The Labute approximate surface area is 108 Å². The van der Waals surface area contributed by atoms with Crippen molar-refractivity contribution < 1.29 is 14.3 Å². The van der Waals surface area contributed by atoms with Crippen molar-refractivity contribution in [1.82, 2.24) is 0 Å². The minimum absolute atomic E-state index is 0.178. The summed E-state index contributed by atoms with van der Waals surface area (Å²) in [6.45, 7) is 7.39. The van der Waals surface area contributed by atoms with Crippen LogP contribution in [0.4, 0.5) is 0 Å². The third-order valence-corrected chi connectivity index (χ3v) is 3.30. The van der Waals surface area contributed by atoms with Gasteiger partial charge >= 0.3 is 0 Å². The average Bonchev–Trinajstić information content (AvgIpc) is 2.76. The Morgan fingerprint density at radius 2 is 1.72 bits per heavy atom. The Bertz CT molecular complexity index is 422. The fourth-order valence-electron chi connectivity index (χ4n) is 2.47. The molecule has 0 aromatic heterocycles. The summed E-state index contributed by atoms with van der Waals surface area (Å²) in [4.78, 5) is 12.0. The van der Waals surface area contributed by atoms with Crippen molar-refractivity contribution in [1.29, 1.82) is 0 Å². The first-order valence-electron chi connectivity index (χ1n) is 6.38. The highest BCUT2D eigenvalue weighted by atomic mass is 16.7. The smallest absolute Gasteiger partial charge is 0.164 e. The van der Waals surface area contributed by atoms with Crippen molar-refractivity contribution in [3.8, 4) is 0 Å². The zero-order valence-electron chi connectivity index (χ0n) is 11.3. The van der Waals surface area contributed by atoms with Gasteiger partial charge in [0.1, 0.15) is 5.78 Å². The molecule has 0 aliphatic carbocycles. The van der Waals surface area contributed by atoms with Crippen LogP contribution in [0.5, 0.6) is 0 Å². The van der Waals surface area contributed by atoms with Gasteiger partial charge in [0.15, 0.2) is 6.29 Å². The van der Waals surface area contributed by atoms with E-state index in [0.717, 1.165) is 5.56 Å². The number of hydrogen-bond acceptors (Lipinski definition) is 3. The second-order valence-corrected chi connectivity index (χ2v) is 4.97. The Morgan fingerprint density at radius 3 is 2.28 bits per heavy atom. The quantitative estimate of drug-likeness (QED) is 0.821. The monoisotopic (exact) mass is 248 g/mol. The van der Waals surface area contributed by atoms with Crippen LogP contribution in [0.1, 0.15) is 28.7 Å². The van der Waals surface area contributed by atoms with Gasteiger partial charge in [-0.3, -0.25) is 4.79 Å². The SMILES string of the molecule is Cc1cc(C)c(CC(=O)CC2OCCO2)c(C)c1. The summed E-state index contributed by atoms with van der Waals surface area (Å²) in [5.74, 6) is 0.178. The highest BCUT2D eigenvalue weighted by Gasteiger charge is 2.20. The molecule has 0 bridgehead atoms. The van der Waals surface area contributed by atoms with E-state index in [1.807, 2.05) is 0 Å². The number of rotatable bonds is 4. The van der Waals surface area contributed by atoms with Crippen molar-refractivity contribution in [3.05, 3.63) is 34.4 Å². The first kappa shape index (κ1) is 13.2. The largest absolute Gasteiger partial charge is 0.350 e. The predicted molar refractivity (Wildman–Crippen MR) is 69.7 cm³/mol. The molecule has 0 unspecified atom stereocenters. The van der Waals surface area contributed by atoms with Gasteiger partial charge in [0.05, 0.1) is 19.6 Å². The molecule has 1 aliphatic rings. The van der Waals surface area contributed by atoms with Crippen molar-refractivity contribution in [2.24, 2.45) is 0 Å². The van der Waals surface area contributed by atoms with Gasteiger partial charge in [-0.1, -0.05) is 17.7 Å². The molecule has 0 amide bonds. The van der Waals surface area contributed by atoms with Crippen LogP contribution < -0.4 is 0 Å². The van der Waals surface area contributed by atoms with Gasteiger partial charge in [0.2, 0.25) is 0 Å². The van der Waals surface area contributed by atoms with E-state index in [9.17, 15) is 4.79 Å². The lowest BCUT2D eigenvalue weighted by Crippen LogP contribution is -2.16. The number of Topliss-reactive ketones (excluding diaryl/α,β-unsaturated/α-hetero) is 1. The van der Waals surface area contributed by atoms with Gasteiger partial charge in [-0.05, 0) is 37.5 Å². The molecule has 1 saturated heterocycles. The van der Waals surface area contributed by atoms with Crippen LogP contribution in [-0.2, 0) is 20.7 Å². The van der Waals surface area contributed by atoms with Crippen molar-refractivity contribution in [2.75, 3.05) is 13.2 Å². The molecular formula is C15H20O3. The Hall–Kier alpha value is -1.19. The van der Waals surface area contributed by atoms with Crippen LogP contribution in [0.15, 0.2) is 12.1 Å². The number of ketones is 1. The molecule has 1 aromatic rings. The molecule has 0 N–H and O–H groups in total. The van der Waals surface area contributed by atoms with Crippen LogP contribution in [0.25, 0.3) is 0 Å². The summed E-state index contributed by atoms with van der Waals surface area (Å²) >= 11 is 0.